The Morgan fingerprint density at radius 1 is 1.55 bits per heavy atom. The molecular weight excluding hydrogens is 272 g/mol. The summed E-state index contributed by atoms with van der Waals surface area (Å²) in [6.07, 6.45) is 0.990. The molecule has 0 saturated carbocycles. The number of rotatable bonds is 2. The lowest BCUT2D eigenvalue weighted by Crippen LogP contribution is -2.36. The second-order valence-corrected chi connectivity index (χ2v) is 6.37. The van der Waals surface area contributed by atoms with Crippen molar-refractivity contribution in [2.45, 2.75) is 19.4 Å². The number of carbonyl (C=O) groups excluding carboxylic acids is 1. The third-order valence-corrected chi connectivity index (χ3v) is 4.78. The Bertz CT molecular complexity index is 666. The highest BCUT2D eigenvalue weighted by atomic mass is 32.1. The van der Waals surface area contributed by atoms with E-state index in [0.29, 0.717) is 10.6 Å². The van der Waals surface area contributed by atoms with Gasteiger partial charge in [0.2, 0.25) is 0 Å². The zero-order chi connectivity index (χ0) is 14.3. The Kier molecular flexibility index (Phi) is 3.35. The largest absolute Gasteiger partial charge is 0.397 e. The summed E-state index contributed by atoms with van der Waals surface area (Å²) in [5.74, 6) is -0.0801. The van der Waals surface area contributed by atoms with Crippen molar-refractivity contribution in [1.29, 1.82) is 0 Å². The van der Waals surface area contributed by atoms with Crippen LogP contribution in [0.25, 0.3) is 10.2 Å². The van der Waals surface area contributed by atoms with Crippen molar-refractivity contribution in [2.24, 2.45) is 0 Å². The molecule has 6 heteroatoms. The number of nitrogens with zero attached hydrogens (tertiary/aromatic N) is 2. The summed E-state index contributed by atoms with van der Waals surface area (Å²) in [6.45, 7) is 3.85. The van der Waals surface area contributed by atoms with Gasteiger partial charge in [0.05, 0.1) is 5.69 Å². The maximum absolute atomic E-state index is 12.4. The normalized spacial score (nSPS) is 19.6. The Morgan fingerprint density at radius 2 is 2.35 bits per heavy atom. The van der Waals surface area contributed by atoms with E-state index in [1.807, 2.05) is 19.1 Å². The molecule has 3 N–H and O–H groups in total. The second kappa shape index (κ2) is 5.03. The van der Waals surface area contributed by atoms with Crippen molar-refractivity contribution in [3.05, 3.63) is 22.7 Å². The Hall–Kier alpha value is -1.66. The van der Waals surface area contributed by atoms with Gasteiger partial charge in [-0.05, 0) is 39.1 Å². The number of fused-ring (bicyclic) bond motifs is 1. The number of amides is 1. The SMILES string of the molecule is Cc1ccc2c(N)c(C(=O)NC3CCN(C)C3)sc2n1. The fourth-order valence-electron chi connectivity index (χ4n) is 2.56. The van der Waals surface area contributed by atoms with Gasteiger partial charge in [0.15, 0.2) is 0 Å². The number of thiophene rings is 1. The van der Waals surface area contributed by atoms with Gasteiger partial charge in [-0.2, -0.15) is 0 Å². The quantitative estimate of drug-likeness (QED) is 0.881. The van der Waals surface area contributed by atoms with Gasteiger partial charge in [-0.3, -0.25) is 4.79 Å². The topological polar surface area (TPSA) is 71.2 Å². The lowest BCUT2D eigenvalue weighted by molar-refractivity contribution is 0.0943. The van der Waals surface area contributed by atoms with Crippen LogP contribution in [-0.2, 0) is 0 Å². The summed E-state index contributed by atoms with van der Waals surface area (Å²) in [5.41, 5.74) is 7.57. The van der Waals surface area contributed by atoms with Crippen LogP contribution in [-0.4, -0.2) is 42.0 Å². The highest BCUT2D eigenvalue weighted by Crippen LogP contribution is 2.32. The molecule has 0 bridgehead atoms. The van der Waals surface area contributed by atoms with Crippen molar-refractivity contribution in [2.75, 3.05) is 25.9 Å². The first-order chi connectivity index (χ1) is 9.54. The summed E-state index contributed by atoms with van der Waals surface area (Å²) >= 11 is 1.37. The van der Waals surface area contributed by atoms with Crippen molar-refractivity contribution in [1.82, 2.24) is 15.2 Å². The lowest BCUT2D eigenvalue weighted by atomic mass is 10.2. The predicted octanol–water partition coefficient (Wildman–Crippen LogP) is 1.62. The number of nitrogen functional groups attached to an aromatic ring is 1. The van der Waals surface area contributed by atoms with Crippen LogP contribution in [0.15, 0.2) is 12.1 Å². The van der Waals surface area contributed by atoms with Gasteiger partial charge in [-0.25, -0.2) is 4.98 Å². The van der Waals surface area contributed by atoms with Gasteiger partial charge >= 0.3 is 0 Å². The van der Waals surface area contributed by atoms with Crippen LogP contribution in [0.1, 0.15) is 21.8 Å². The molecule has 2 aromatic rings. The number of likely N-dealkylation sites (tertiary alicyclic amines) is 1. The molecule has 1 aliphatic heterocycles. The number of aromatic nitrogens is 1. The molecule has 1 unspecified atom stereocenters. The summed E-state index contributed by atoms with van der Waals surface area (Å²) in [6, 6.07) is 4.06. The first-order valence-corrected chi connectivity index (χ1v) is 7.51. The highest BCUT2D eigenvalue weighted by Gasteiger charge is 2.24. The van der Waals surface area contributed by atoms with Crippen LogP contribution in [0.2, 0.25) is 0 Å². The van der Waals surface area contributed by atoms with Crippen LogP contribution < -0.4 is 11.1 Å². The molecule has 1 atom stereocenters. The molecule has 2 aromatic heterocycles. The molecule has 3 heterocycles. The number of aryl methyl sites for hydroxylation is 1. The molecule has 1 amide bonds. The molecule has 1 aliphatic rings. The van der Waals surface area contributed by atoms with Gasteiger partial charge in [0, 0.05) is 23.7 Å². The molecule has 106 valence electrons. The number of nitrogens with two attached hydrogens (primary N) is 1. The summed E-state index contributed by atoms with van der Waals surface area (Å²) in [4.78, 5) is 20.4. The fraction of sp³-hybridized carbons (Fsp3) is 0.429. The zero-order valence-electron chi connectivity index (χ0n) is 11.6. The average Bonchev–Trinajstić information content (AvgIpc) is 2.94. The van der Waals surface area contributed by atoms with Crippen LogP contribution in [0.4, 0.5) is 5.69 Å². The minimum atomic E-state index is -0.0801. The predicted molar refractivity (Wildman–Crippen MR) is 82.1 cm³/mol. The lowest BCUT2D eigenvalue weighted by Gasteiger charge is -2.12. The first kappa shape index (κ1) is 13.3. The van der Waals surface area contributed by atoms with E-state index in [0.717, 1.165) is 35.4 Å². The van der Waals surface area contributed by atoms with E-state index in [4.69, 9.17) is 5.73 Å². The molecule has 0 spiro atoms. The molecule has 5 nitrogen and oxygen atoms in total. The average molecular weight is 290 g/mol. The summed E-state index contributed by atoms with van der Waals surface area (Å²) in [7, 11) is 2.06. The molecule has 1 fully saturated rings. The van der Waals surface area contributed by atoms with E-state index >= 15 is 0 Å². The third kappa shape index (κ3) is 2.36. The number of pyridine rings is 1. The number of hydrogen-bond acceptors (Lipinski definition) is 5. The standard InChI is InChI=1S/C14H18N4OS/c1-8-3-4-10-11(15)12(20-14(10)16-8)13(19)17-9-5-6-18(2)7-9/h3-4,9H,5-7,15H2,1-2H3,(H,17,19). The highest BCUT2D eigenvalue weighted by molar-refractivity contribution is 7.21. The minimum Gasteiger partial charge on any atom is -0.397 e. The van der Waals surface area contributed by atoms with Crippen molar-refractivity contribution < 1.29 is 4.79 Å². The molecule has 0 aromatic carbocycles. The van der Waals surface area contributed by atoms with E-state index in [1.54, 1.807) is 0 Å². The second-order valence-electron chi connectivity index (χ2n) is 5.37. The zero-order valence-corrected chi connectivity index (χ0v) is 12.5. The van der Waals surface area contributed by atoms with Crippen LogP contribution in [0, 0.1) is 6.92 Å². The van der Waals surface area contributed by atoms with Crippen LogP contribution >= 0.6 is 11.3 Å². The Labute approximate surface area is 121 Å². The van der Waals surface area contributed by atoms with Crippen molar-refractivity contribution in [3.8, 4) is 0 Å². The van der Waals surface area contributed by atoms with Gasteiger partial charge in [0.1, 0.15) is 9.71 Å². The number of anilines is 1. The van der Waals surface area contributed by atoms with Crippen molar-refractivity contribution in [3.63, 3.8) is 0 Å². The van der Waals surface area contributed by atoms with E-state index in [2.05, 4.69) is 22.2 Å². The van der Waals surface area contributed by atoms with Gasteiger partial charge in [0.25, 0.3) is 5.91 Å². The van der Waals surface area contributed by atoms with E-state index in [9.17, 15) is 4.79 Å². The van der Waals surface area contributed by atoms with E-state index in [-0.39, 0.29) is 11.9 Å². The minimum absolute atomic E-state index is 0.0801. The number of hydrogen-bond donors (Lipinski definition) is 2. The molecule has 0 radical (unpaired) electrons. The number of likely N-dealkylation sites (N-methyl/N-ethyl adjacent to an activating group) is 1. The van der Waals surface area contributed by atoms with Crippen molar-refractivity contribution >= 4 is 33.1 Å². The molecular formula is C14H18N4OS. The van der Waals surface area contributed by atoms with E-state index < -0.39 is 0 Å². The summed E-state index contributed by atoms with van der Waals surface area (Å²) in [5, 5.41) is 3.93. The number of nitrogens with one attached hydrogen (secondary N) is 1. The van der Waals surface area contributed by atoms with Gasteiger partial charge in [-0.15, -0.1) is 11.3 Å². The van der Waals surface area contributed by atoms with Gasteiger partial charge < -0.3 is 16.0 Å². The van der Waals surface area contributed by atoms with E-state index in [1.165, 1.54) is 11.3 Å². The molecule has 3 rings (SSSR count). The maximum Gasteiger partial charge on any atom is 0.263 e. The summed E-state index contributed by atoms with van der Waals surface area (Å²) < 4.78 is 0. The Balaban J connectivity index is 1.86. The maximum atomic E-state index is 12.4. The monoisotopic (exact) mass is 290 g/mol. The number of carbonyl (C=O) groups is 1. The van der Waals surface area contributed by atoms with Crippen LogP contribution in [0.5, 0.6) is 0 Å². The third-order valence-electron chi connectivity index (χ3n) is 3.67. The fourth-order valence-corrected chi connectivity index (χ4v) is 3.60. The molecule has 1 saturated heterocycles. The molecule has 0 aliphatic carbocycles. The first-order valence-electron chi connectivity index (χ1n) is 6.69. The smallest absolute Gasteiger partial charge is 0.263 e. The van der Waals surface area contributed by atoms with Crippen LogP contribution in [0.3, 0.4) is 0 Å². The molecule has 20 heavy (non-hydrogen) atoms. The van der Waals surface area contributed by atoms with Gasteiger partial charge in [-0.1, -0.05) is 0 Å². The Morgan fingerprint density at radius 3 is 3.05 bits per heavy atom.